The highest BCUT2D eigenvalue weighted by atomic mass is 32.1. The van der Waals surface area contributed by atoms with Crippen molar-refractivity contribution in [3.8, 4) is 11.5 Å². The lowest BCUT2D eigenvalue weighted by molar-refractivity contribution is -0.132. The highest BCUT2D eigenvalue weighted by Gasteiger charge is 2.33. The van der Waals surface area contributed by atoms with Crippen molar-refractivity contribution in [3.63, 3.8) is 0 Å². The molecular weight excluding hydrogens is 431 g/mol. The first-order chi connectivity index (χ1) is 15.5. The van der Waals surface area contributed by atoms with E-state index in [0.717, 1.165) is 11.1 Å². The molecule has 1 aliphatic rings. The Morgan fingerprint density at radius 2 is 1.91 bits per heavy atom. The summed E-state index contributed by atoms with van der Waals surface area (Å²) in [7, 11) is 3.12. The van der Waals surface area contributed by atoms with Crippen LogP contribution in [0.2, 0.25) is 0 Å². The van der Waals surface area contributed by atoms with Gasteiger partial charge in [-0.15, -0.1) is 11.3 Å². The molecule has 2 amide bonds. The molecule has 0 spiro atoms. The Kier molecular flexibility index (Phi) is 6.41. The van der Waals surface area contributed by atoms with Crippen LogP contribution in [-0.2, 0) is 11.2 Å². The monoisotopic (exact) mass is 454 g/mol. The number of fused-ring (bicyclic) bond motifs is 1. The molecule has 1 aromatic heterocycles. The lowest BCUT2D eigenvalue weighted by Gasteiger charge is -2.38. The van der Waals surface area contributed by atoms with Crippen molar-refractivity contribution in [2.45, 2.75) is 12.5 Å². The van der Waals surface area contributed by atoms with E-state index in [1.165, 1.54) is 23.5 Å². The van der Waals surface area contributed by atoms with Crippen LogP contribution in [0.1, 0.15) is 32.4 Å². The van der Waals surface area contributed by atoms with Crippen LogP contribution in [0, 0.1) is 5.82 Å². The molecule has 32 heavy (non-hydrogen) atoms. The van der Waals surface area contributed by atoms with Crippen LogP contribution in [0.4, 0.5) is 4.39 Å². The average Bonchev–Trinajstić information content (AvgIpc) is 3.35. The van der Waals surface area contributed by atoms with E-state index in [1.54, 1.807) is 48.8 Å². The summed E-state index contributed by atoms with van der Waals surface area (Å²) in [6, 6.07) is 12.9. The Hall–Kier alpha value is -3.39. The molecule has 0 aliphatic carbocycles. The van der Waals surface area contributed by atoms with Crippen LogP contribution in [0.5, 0.6) is 11.5 Å². The number of rotatable bonds is 6. The first-order valence-corrected chi connectivity index (χ1v) is 11.0. The van der Waals surface area contributed by atoms with Gasteiger partial charge < -0.3 is 19.7 Å². The van der Waals surface area contributed by atoms with Crippen LogP contribution in [0.15, 0.2) is 53.9 Å². The van der Waals surface area contributed by atoms with Crippen molar-refractivity contribution in [1.82, 2.24) is 10.2 Å². The van der Waals surface area contributed by atoms with E-state index in [1.807, 2.05) is 12.1 Å². The fourth-order valence-electron chi connectivity index (χ4n) is 4.00. The van der Waals surface area contributed by atoms with E-state index in [9.17, 15) is 14.0 Å². The third-order valence-electron chi connectivity index (χ3n) is 5.50. The summed E-state index contributed by atoms with van der Waals surface area (Å²) in [6.07, 6.45) is 0.603. The maximum absolute atomic E-state index is 14.1. The van der Waals surface area contributed by atoms with Gasteiger partial charge in [-0.2, -0.15) is 0 Å². The van der Waals surface area contributed by atoms with Gasteiger partial charge >= 0.3 is 0 Å². The third kappa shape index (κ3) is 4.31. The average molecular weight is 455 g/mol. The summed E-state index contributed by atoms with van der Waals surface area (Å²) >= 11 is 1.31. The van der Waals surface area contributed by atoms with Crippen molar-refractivity contribution >= 4 is 23.2 Å². The molecule has 1 N–H and O–H groups in total. The zero-order chi connectivity index (χ0) is 22.7. The van der Waals surface area contributed by atoms with Crippen molar-refractivity contribution < 1.29 is 23.5 Å². The van der Waals surface area contributed by atoms with E-state index >= 15 is 0 Å². The van der Waals surface area contributed by atoms with E-state index in [4.69, 9.17) is 9.47 Å². The zero-order valence-electron chi connectivity index (χ0n) is 17.8. The number of amides is 2. The second kappa shape index (κ2) is 9.40. The second-order valence-electron chi connectivity index (χ2n) is 7.36. The molecule has 2 heterocycles. The van der Waals surface area contributed by atoms with Gasteiger partial charge in [0.05, 0.1) is 31.7 Å². The summed E-state index contributed by atoms with van der Waals surface area (Å²) in [5, 5.41) is 4.50. The maximum Gasteiger partial charge on any atom is 0.261 e. The molecule has 2 aromatic carbocycles. The molecule has 6 nitrogen and oxygen atoms in total. The number of methoxy groups -OCH3 is 2. The molecule has 8 heteroatoms. The van der Waals surface area contributed by atoms with Crippen molar-refractivity contribution in [1.29, 1.82) is 0 Å². The second-order valence-corrected chi connectivity index (χ2v) is 8.31. The number of carbonyl (C=O) groups is 2. The van der Waals surface area contributed by atoms with Gasteiger partial charge in [0, 0.05) is 6.54 Å². The summed E-state index contributed by atoms with van der Waals surface area (Å²) in [6.45, 7) is 0.280. The maximum atomic E-state index is 14.1. The predicted molar refractivity (Wildman–Crippen MR) is 120 cm³/mol. The van der Waals surface area contributed by atoms with E-state index in [0.29, 0.717) is 34.9 Å². The van der Waals surface area contributed by atoms with E-state index in [-0.39, 0.29) is 24.2 Å². The molecule has 4 rings (SSSR count). The lowest BCUT2D eigenvalue weighted by atomic mass is 9.87. The third-order valence-corrected chi connectivity index (χ3v) is 6.37. The SMILES string of the molecule is COc1cc2c(cc1OC)C(c1cccc(F)c1)N(C(=O)CNC(=O)c1cccs1)CC2. The minimum atomic E-state index is -0.514. The topological polar surface area (TPSA) is 67.9 Å². The van der Waals surface area contributed by atoms with E-state index in [2.05, 4.69) is 5.32 Å². The van der Waals surface area contributed by atoms with Crippen LogP contribution >= 0.6 is 11.3 Å². The Bertz CT molecular complexity index is 1130. The fourth-order valence-corrected chi connectivity index (χ4v) is 4.64. The van der Waals surface area contributed by atoms with Crippen molar-refractivity contribution in [2.24, 2.45) is 0 Å². The molecule has 0 fully saturated rings. The molecule has 0 bridgehead atoms. The Balaban J connectivity index is 1.67. The van der Waals surface area contributed by atoms with Crippen molar-refractivity contribution in [3.05, 3.63) is 81.3 Å². The number of hydrogen-bond donors (Lipinski definition) is 1. The van der Waals surface area contributed by atoms with Gasteiger partial charge in [-0.25, -0.2) is 4.39 Å². The number of nitrogens with zero attached hydrogens (tertiary/aromatic N) is 1. The molecule has 166 valence electrons. The summed E-state index contributed by atoms with van der Waals surface area (Å²) in [5.74, 6) is 0.220. The van der Waals surface area contributed by atoms with Crippen LogP contribution in [0.25, 0.3) is 0 Å². The number of thiophene rings is 1. The molecule has 1 aliphatic heterocycles. The Labute approximate surface area is 189 Å². The minimum Gasteiger partial charge on any atom is -0.493 e. The smallest absolute Gasteiger partial charge is 0.261 e. The van der Waals surface area contributed by atoms with Gasteiger partial charge in [0.1, 0.15) is 5.82 Å². The zero-order valence-corrected chi connectivity index (χ0v) is 18.6. The van der Waals surface area contributed by atoms with E-state index < -0.39 is 6.04 Å². The normalized spacial score (nSPS) is 15.1. The van der Waals surface area contributed by atoms with Crippen LogP contribution in [-0.4, -0.2) is 44.0 Å². The number of benzene rings is 2. The molecule has 0 saturated carbocycles. The quantitative estimate of drug-likeness (QED) is 0.615. The van der Waals surface area contributed by atoms with Gasteiger partial charge in [-0.1, -0.05) is 18.2 Å². The number of ether oxygens (including phenoxy) is 2. The molecule has 0 radical (unpaired) electrons. The fraction of sp³-hybridized carbons (Fsp3) is 0.250. The molecule has 1 unspecified atom stereocenters. The minimum absolute atomic E-state index is 0.148. The summed E-state index contributed by atoms with van der Waals surface area (Å²) in [4.78, 5) is 27.7. The van der Waals surface area contributed by atoms with Gasteiger partial charge in [0.25, 0.3) is 5.91 Å². The molecule has 1 atom stereocenters. The number of carbonyl (C=O) groups excluding carboxylic acids is 2. The first-order valence-electron chi connectivity index (χ1n) is 10.1. The molecular formula is C24H23FN2O4S. The number of hydrogen-bond acceptors (Lipinski definition) is 5. The van der Waals surface area contributed by atoms with Crippen molar-refractivity contribution in [2.75, 3.05) is 27.3 Å². The number of nitrogens with one attached hydrogen (secondary N) is 1. The van der Waals surface area contributed by atoms with Gasteiger partial charge in [0.2, 0.25) is 5.91 Å². The highest BCUT2D eigenvalue weighted by molar-refractivity contribution is 7.12. The molecule has 3 aromatic rings. The molecule has 0 saturated heterocycles. The van der Waals surface area contributed by atoms with Gasteiger partial charge in [-0.3, -0.25) is 9.59 Å². The summed E-state index contributed by atoms with van der Waals surface area (Å²) < 4.78 is 25.0. The first kappa shape index (κ1) is 21.8. The Morgan fingerprint density at radius 1 is 1.12 bits per heavy atom. The Morgan fingerprint density at radius 3 is 2.59 bits per heavy atom. The van der Waals surface area contributed by atoms with Gasteiger partial charge in [0.15, 0.2) is 11.5 Å². The van der Waals surface area contributed by atoms with Crippen LogP contribution in [0.3, 0.4) is 0 Å². The standard InChI is InChI=1S/C24H23FN2O4S/c1-30-19-12-15-8-9-27(22(28)14-26-24(29)21-7-4-10-32-21)23(18(15)13-20(19)31-2)16-5-3-6-17(25)11-16/h3-7,10-13,23H,8-9,14H2,1-2H3,(H,26,29). The number of halogens is 1. The van der Waals surface area contributed by atoms with Gasteiger partial charge in [-0.05, 0) is 58.8 Å². The lowest BCUT2D eigenvalue weighted by Crippen LogP contribution is -2.45. The van der Waals surface area contributed by atoms with Crippen LogP contribution < -0.4 is 14.8 Å². The highest BCUT2D eigenvalue weighted by Crippen LogP contribution is 2.41. The summed E-state index contributed by atoms with van der Waals surface area (Å²) in [5.41, 5.74) is 2.50. The predicted octanol–water partition coefficient (Wildman–Crippen LogP) is 3.81. The largest absolute Gasteiger partial charge is 0.493 e.